The maximum Gasteiger partial charge on any atom is 0.111 e. The zero-order valence-corrected chi connectivity index (χ0v) is 9.82. The molecule has 1 aromatic heterocycles. The molecule has 1 fully saturated rings. The Balaban J connectivity index is 2.16. The Morgan fingerprint density at radius 2 is 2.36 bits per heavy atom. The molecule has 2 rings (SSSR count). The minimum atomic E-state index is 0.658. The normalized spacial score (nSPS) is 22.9. The first-order chi connectivity index (χ1) is 6.70. The van der Waals surface area contributed by atoms with Gasteiger partial charge in [0.1, 0.15) is 5.00 Å². The van der Waals surface area contributed by atoms with E-state index in [1.807, 2.05) is 18.4 Å². The molecule has 1 saturated heterocycles. The van der Waals surface area contributed by atoms with Crippen LogP contribution in [0.3, 0.4) is 0 Å². The van der Waals surface area contributed by atoms with Crippen LogP contribution in [0, 0.1) is 6.92 Å². The predicted octanol–water partition coefficient (Wildman–Crippen LogP) is 1.91. The Hall–Kier alpha value is -0.610. The number of hydrogen-bond donors (Lipinski definition) is 1. The first kappa shape index (κ1) is 9.93. The highest BCUT2D eigenvalue weighted by Crippen LogP contribution is 2.33. The van der Waals surface area contributed by atoms with Crippen LogP contribution >= 0.6 is 11.3 Å². The smallest absolute Gasteiger partial charge is 0.111 e. The van der Waals surface area contributed by atoms with Crippen molar-refractivity contribution in [1.82, 2.24) is 9.88 Å². The quantitative estimate of drug-likeness (QED) is 0.810. The Bertz CT molecular complexity index is 321. The van der Waals surface area contributed by atoms with Gasteiger partial charge in [-0.25, -0.2) is 4.98 Å². The van der Waals surface area contributed by atoms with Crippen molar-refractivity contribution in [3.8, 4) is 0 Å². The van der Waals surface area contributed by atoms with Gasteiger partial charge in [0.25, 0.3) is 0 Å². The van der Waals surface area contributed by atoms with E-state index in [1.54, 1.807) is 0 Å². The number of nitrogens with zero attached hydrogens (tertiary/aromatic N) is 2. The fourth-order valence-corrected chi connectivity index (χ4v) is 3.01. The summed E-state index contributed by atoms with van der Waals surface area (Å²) >= 11 is 1.81. The number of rotatable bonds is 2. The molecule has 1 aromatic rings. The zero-order chi connectivity index (χ0) is 10.1. The van der Waals surface area contributed by atoms with E-state index in [4.69, 9.17) is 0 Å². The summed E-state index contributed by atoms with van der Waals surface area (Å²) in [7, 11) is 4.14. The van der Waals surface area contributed by atoms with Crippen LogP contribution in [-0.4, -0.2) is 37.1 Å². The highest BCUT2D eigenvalue weighted by atomic mass is 32.1. The number of hydrogen-bond acceptors (Lipinski definition) is 4. The lowest BCUT2D eigenvalue weighted by atomic mass is 10.1. The van der Waals surface area contributed by atoms with Gasteiger partial charge in [-0.3, -0.25) is 0 Å². The highest BCUT2D eigenvalue weighted by Gasteiger charge is 2.24. The van der Waals surface area contributed by atoms with E-state index in [2.05, 4.69) is 29.2 Å². The summed E-state index contributed by atoms with van der Waals surface area (Å²) in [6.07, 6.45) is 1.26. The molecular formula is C10H17N3S. The molecule has 1 aliphatic rings. The number of thiazole rings is 1. The van der Waals surface area contributed by atoms with Gasteiger partial charge in [-0.05, 0) is 26.9 Å². The molecule has 14 heavy (non-hydrogen) atoms. The van der Waals surface area contributed by atoms with Crippen molar-refractivity contribution in [2.45, 2.75) is 19.3 Å². The molecule has 0 amide bonds. The van der Waals surface area contributed by atoms with Gasteiger partial charge in [0, 0.05) is 19.5 Å². The van der Waals surface area contributed by atoms with E-state index in [0.717, 1.165) is 12.2 Å². The monoisotopic (exact) mass is 211 g/mol. The van der Waals surface area contributed by atoms with Gasteiger partial charge < -0.3 is 10.2 Å². The number of anilines is 1. The molecule has 0 radical (unpaired) electrons. The molecule has 0 spiro atoms. The summed E-state index contributed by atoms with van der Waals surface area (Å²) in [5.74, 6) is 0.658. The molecule has 3 nitrogen and oxygen atoms in total. The zero-order valence-electron chi connectivity index (χ0n) is 9.00. The van der Waals surface area contributed by atoms with Gasteiger partial charge >= 0.3 is 0 Å². The van der Waals surface area contributed by atoms with Crippen LogP contribution in [0.5, 0.6) is 0 Å². The summed E-state index contributed by atoms with van der Waals surface area (Å²) in [5, 5.41) is 5.71. The summed E-state index contributed by atoms with van der Waals surface area (Å²) in [4.78, 5) is 7.00. The van der Waals surface area contributed by atoms with Gasteiger partial charge in [0.05, 0.1) is 10.7 Å². The van der Waals surface area contributed by atoms with Crippen LogP contribution in [0.1, 0.15) is 23.0 Å². The Kier molecular flexibility index (Phi) is 2.74. The number of aromatic nitrogens is 1. The van der Waals surface area contributed by atoms with E-state index in [-0.39, 0.29) is 0 Å². The van der Waals surface area contributed by atoms with Crippen molar-refractivity contribution in [2.75, 3.05) is 32.5 Å². The average molecular weight is 211 g/mol. The fraction of sp³-hybridized carbons (Fsp3) is 0.700. The molecule has 1 atom stereocenters. The fourth-order valence-electron chi connectivity index (χ4n) is 1.96. The second-order valence-electron chi connectivity index (χ2n) is 3.96. The van der Waals surface area contributed by atoms with Crippen LogP contribution < -0.4 is 5.32 Å². The molecule has 4 heteroatoms. The molecular weight excluding hydrogens is 194 g/mol. The van der Waals surface area contributed by atoms with Crippen LogP contribution in [0.2, 0.25) is 0 Å². The molecule has 1 N–H and O–H groups in total. The Morgan fingerprint density at radius 1 is 1.57 bits per heavy atom. The van der Waals surface area contributed by atoms with Crippen molar-refractivity contribution in [1.29, 1.82) is 0 Å². The maximum atomic E-state index is 4.63. The molecule has 1 aliphatic heterocycles. The number of aryl methyl sites for hydroxylation is 1. The van der Waals surface area contributed by atoms with E-state index in [1.165, 1.54) is 23.0 Å². The van der Waals surface area contributed by atoms with Gasteiger partial charge in [-0.2, -0.15) is 0 Å². The van der Waals surface area contributed by atoms with Crippen LogP contribution in [0.25, 0.3) is 0 Å². The molecule has 78 valence electrons. The maximum absolute atomic E-state index is 4.63. The van der Waals surface area contributed by atoms with E-state index < -0.39 is 0 Å². The van der Waals surface area contributed by atoms with Gasteiger partial charge in [-0.1, -0.05) is 0 Å². The average Bonchev–Trinajstić information content (AvgIpc) is 2.71. The highest BCUT2D eigenvalue weighted by molar-refractivity contribution is 7.16. The summed E-state index contributed by atoms with van der Waals surface area (Å²) in [6, 6.07) is 0. The third kappa shape index (κ3) is 1.77. The van der Waals surface area contributed by atoms with E-state index >= 15 is 0 Å². The lowest BCUT2D eigenvalue weighted by Crippen LogP contribution is -2.13. The first-order valence-corrected chi connectivity index (χ1v) is 5.86. The molecule has 2 heterocycles. The Labute approximate surface area is 89.1 Å². The number of likely N-dealkylation sites (tertiary alicyclic amines) is 1. The lowest BCUT2D eigenvalue weighted by Gasteiger charge is -2.06. The minimum Gasteiger partial charge on any atom is -0.378 e. The van der Waals surface area contributed by atoms with Crippen molar-refractivity contribution < 1.29 is 0 Å². The molecule has 0 aliphatic carbocycles. The summed E-state index contributed by atoms with van der Waals surface area (Å²) in [5.41, 5.74) is 1.14. The van der Waals surface area contributed by atoms with Crippen molar-refractivity contribution in [3.63, 3.8) is 0 Å². The van der Waals surface area contributed by atoms with Crippen molar-refractivity contribution in [2.24, 2.45) is 0 Å². The first-order valence-electron chi connectivity index (χ1n) is 5.04. The van der Waals surface area contributed by atoms with E-state index in [9.17, 15) is 0 Å². The number of nitrogens with one attached hydrogen (secondary N) is 1. The van der Waals surface area contributed by atoms with Crippen LogP contribution in [0.4, 0.5) is 5.00 Å². The van der Waals surface area contributed by atoms with Crippen molar-refractivity contribution >= 4 is 16.3 Å². The second-order valence-corrected chi connectivity index (χ2v) is 5.00. The second kappa shape index (κ2) is 3.87. The Morgan fingerprint density at radius 3 is 2.86 bits per heavy atom. The van der Waals surface area contributed by atoms with Crippen LogP contribution in [-0.2, 0) is 0 Å². The van der Waals surface area contributed by atoms with Crippen LogP contribution in [0.15, 0.2) is 0 Å². The van der Waals surface area contributed by atoms with Gasteiger partial charge in [0.15, 0.2) is 0 Å². The lowest BCUT2D eigenvalue weighted by molar-refractivity contribution is 0.411. The van der Waals surface area contributed by atoms with Gasteiger partial charge in [0.2, 0.25) is 0 Å². The standard InChI is InChI=1S/C10H17N3S/c1-7-9(11-2)14-10(12-7)8-4-5-13(3)6-8/h8,11H,4-6H2,1-3H3. The molecule has 1 unspecified atom stereocenters. The molecule has 0 saturated carbocycles. The van der Waals surface area contributed by atoms with Gasteiger partial charge in [-0.15, -0.1) is 11.3 Å². The summed E-state index contributed by atoms with van der Waals surface area (Å²) in [6.45, 7) is 4.44. The predicted molar refractivity (Wildman–Crippen MR) is 61.3 cm³/mol. The topological polar surface area (TPSA) is 28.2 Å². The number of likely N-dealkylation sites (N-methyl/N-ethyl adjacent to an activating group) is 1. The molecule has 0 aromatic carbocycles. The summed E-state index contributed by atoms with van der Waals surface area (Å²) < 4.78 is 0. The SMILES string of the molecule is CNc1sc(C2CCN(C)C2)nc1C. The van der Waals surface area contributed by atoms with E-state index in [0.29, 0.717) is 5.92 Å². The largest absolute Gasteiger partial charge is 0.378 e. The minimum absolute atomic E-state index is 0.658. The van der Waals surface area contributed by atoms with Crippen molar-refractivity contribution in [3.05, 3.63) is 10.7 Å². The third-order valence-electron chi connectivity index (χ3n) is 2.78. The third-order valence-corrected chi connectivity index (χ3v) is 4.12. The molecule has 0 bridgehead atoms.